The van der Waals surface area contributed by atoms with E-state index in [0.29, 0.717) is 37.2 Å². The van der Waals surface area contributed by atoms with Crippen molar-refractivity contribution in [3.05, 3.63) is 65.7 Å². The van der Waals surface area contributed by atoms with Crippen molar-refractivity contribution in [1.29, 1.82) is 0 Å². The number of aliphatic carboxylic acids is 1. The molecular weight excluding hydrogens is 588 g/mol. The van der Waals surface area contributed by atoms with Gasteiger partial charge in [-0.15, -0.1) is 12.3 Å². The fraction of sp³-hybridized carbons (Fsp3) is 0.469. The normalized spacial score (nSPS) is 24.8. The second kappa shape index (κ2) is 14.8. The van der Waals surface area contributed by atoms with Crippen molar-refractivity contribution in [2.24, 2.45) is 0 Å². The van der Waals surface area contributed by atoms with Gasteiger partial charge in [0.05, 0.1) is 36.9 Å². The van der Waals surface area contributed by atoms with Crippen LogP contribution in [0, 0.1) is 12.3 Å². The molecule has 6 atom stereocenters. The van der Waals surface area contributed by atoms with Gasteiger partial charge in [0, 0.05) is 19.4 Å². The lowest BCUT2D eigenvalue weighted by Crippen LogP contribution is -2.68. The van der Waals surface area contributed by atoms with Crippen LogP contribution < -0.4 is 15.4 Å². The molecule has 2 aromatic rings. The Morgan fingerprint density at radius 3 is 2.38 bits per heavy atom. The van der Waals surface area contributed by atoms with Crippen LogP contribution in [0.15, 0.2) is 54.6 Å². The summed E-state index contributed by atoms with van der Waals surface area (Å²) in [7, 11) is 0. The second-order valence-corrected chi connectivity index (χ2v) is 11.1. The van der Waals surface area contributed by atoms with E-state index < -0.39 is 73.1 Å². The molecule has 4 rings (SSSR count). The van der Waals surface area contributed by atoms with Crippen molar-refractivity contribution < 1.29 is 54.1 Å². The summed E-state index contributed by atoms with van der Waals surface area (Å²) in [6.45, 7) is -1.38. The number of hydrogen-bond donors (Lipinski definition) is 7. The number of carboxylic acids is 1. The number of amides is 2. The Morgan fingerprint density at radius 2 is 1.78 bits per heavy atom. The highest BCUT2D eigenvalue weighted by molar-refractivity contribution is 5.91. The van der Waals surface area contributed by atoms with Gasteiger partial charge >= 0.3 is 5.97 Å². The molecule has 0 bridgehead atoms. The molecule has 1 aliphatic carbocycles. The van der Waals surface area contributed by atoms with Gasteiger partial charge in [0.15, 0.2) is 0 Å². The zero-order valence-electron chi connectivity index (χ0n) is 24.5. The van der Waals surface area contributed by atoms with Crippen molar-refractivity contribution >= 4 is 17.8 Å². The average Bonchev–Trinajstić information content (AvgIpc) is 3.86. The molecule has 13 nitrogen and oxygen atoms in total. The van der Waals surface area contributed by atoms with Gasteiger partial charge in [-0.05, 0) is 36.1 Å². The van der Waals surface area contributed by atoms with Gasteiger partial charge in [-0.2, -0.15) is 0 Å². The third-order valence-electron chi connectivity index (χ3n) is 7.99. The standard InChI is InChI=1S/C32H38N2O11/c1-2-3-15-43-22-11-9-20(10-12-22)19-44-32(30(41)42)16-23(36)26(34-25(38)18-35)28(45-32)27(39)24(37)17-33-29(40)31(13-14-31)21-7-5-4-6-8-21/h1,4-12,23-24,26-28,35-37,39H,3,13-19H2,(H,33,40)(H,34,38)(H,41,42)/t23-,24+,26+,27+,28+,32+/m0/s1. The summed E-state index contributed by atoms with van der Waals surface area (Å²) in [4.78, 5) is 37.6. The lowest BCUT2D eigenvalue weighted by atomic mass is 9.88. The van der Waals surface area contributed by atoms with Crippen molar-refractivity contribution in [2.75, 3.05) is 19.8 Å². The van der Waals surface area contributed by atoms with E-state index >= 15 is 0 Å². The predicted octanol–water partition coefficient (Wildman–Crippen LogP) is -0.417. The summed E-state index contributed by atoms with van der Waals surface area (Å²) < 4.78 is 17.0. The first-order valence-electron chi connectivity index (χ1n) is 14.5. The molecule has 2 aliphatic rings. The molecule has 7 N–H and O–H groups in total. The zero-order valence-corrected chi connectivity index (χ0v) is 24.5. The molecule has 242 valence electrons. The van der Waals surface area contributed by atoms with Crippen LogP contribution in [0.5, 0.6) is 5.75 Å². The number of carboxylic acid groups (broad SMARTS) is 1. The molecule has 0 unspecified atom stereocenters. The topological polar surface area (TPSA) is 204 Å². The quantitative estimate of drug-likeness (QED) is 0.0999. The van der Waals surface area contributed by atoms with E-state index in [2.05, 4.69) is 16.6 Å². The SMILES string of the molecule is C#CCCOc1ccc(CO[C@]2(C(=O)O)C[C@H](O)[C@@H](NC(=O)CO)[C@H]([C@H](O)[C@H](O)CNC(=O)C3(c4ccccc4)CC3)O2)cc1. The van der Waals surface area contributed by atoms with Gasteiger partial charge in [0.2, 0.25) is 11.8 Å². The van der Waals surface area contributed by atoms with Gasteiger partial charge in [0.1, 0.15) is 24.6 Å². The first-order chi connectivity index (χ1) is 21.5. The maximum atomic E-state index is 13.1. The van der Waals surface area contributed by atoms with Crippen LogP contribution >= 0.6 is 0 Å². The summed E-state index contributed by atoms with van der Waals surface area (Å²) in [6.07, 6.45) is -0.817. The van der Waals surface area contributed by atoms with Crippen molar-refractivity contribution in [3.8, 4) is 18.1 Å². The first-order valence-corrected chi connectivity index (χ1v) is 14.5. The molecule has 45 heavy (non-hydrogen) atoms. The Kier molecular flexibility index (Phi) is 11.2. The Hall–Kier alpha value is -4.03. The minimum atomic E-state index is -2.50. The number of terminal acetylenes is 1. The third kappa shape index (κ3) is 7.98. The molecule has 1 saturated heterocycles. The number of carbonyl (C=O) groups excluding carboxylic acids is 2. The van der Waals surface area contributed by atoms with Crippen molar-refractivity contribution in [3.63, 3.8) is 0 Å². The largest absolute Gasteiger partial charge is 0.493 e. The van der Waals surface area contributed by atoms with Crippen molar-refractivity contribution in [1.82, 2.24) is 10.6 Å². The average molecular weight is 627 g/mol. The smallest absolute Gasteiger partial charge is 0.364 e. The fourth-order valence-electron chi connectivity index (χ4n) is 5.29. The Bertz CT molecular complexity index is 1360. The lowest BCUT2D eigenvalue weighted by molar-refractivity contribution is -0.314. The minimum absolute atomic E-state index is 0.291. The van der Waals surface area contributed by atoms with Gasteiger partial charge < -0.3 is 50.4 Å². The Labute approximate surface area is 260 Å². The molecule has 13 heteroatoms. The summed E-state index contributed by atoms with van der Waals surface area (Å²) >= 11 is 0. The fourth-order valence-corrected chi connectivity index (χ4v) is 5.29. The summed E-state index contributed by atoms with van der Waals surface area (Å²) in [5, 5.41) is 57.4. The van der Waals surface area contributed by atoms with Crippen LogP contribution in [0.2, 0.25) is 0 Å². The number of ether oxygens (including phenoxy) is 3. The van der Waals surface area contributed by atoms with Gasteiger partial charge in [-0.3, -0.25) is 9.59 Å². The van der Waals surface area contributed by atoms with Crippen molar-refractivity contribution in [2.45, 2.75) is 73.9 Å². The number of hydrogen-bond acceptors (Lipinski definition) is 10. The molecule has 1 saturated carbocycles. The van der Waals surface area contributed by atoms with E-state index in [1.54, 1.807) is 24.3 Å². The maximum absolute atomic E-state index is 13.1. The van der Waals surface area contributed by atoms with Crippen LogP contribution in [0.3, 0.4) is 0 Å². The highest BCUT2D eigenvalue weighted by Crippen LogP contribution is 2.48. The van der Waals surface area contributed by atoms with E-state index in [1.807, 2.05) is 30.3 Å². The highest BCUT2D eigenvalue weighted by atomic mass is 16.7. The molecule has 1 aliphatic heterocycles. The van der Waals surface area contributed by atoms with Gasteiger partial charge in [0.25, 0.3) is 5.79 Å². The zero-order chi connectivity index (χ0) is 32.6. The third-order valence-corrected chi connectivity index (χ3v) is 7.99. The van der Waals surface area contributed by atoms with E-state index in [1.165, 1.54) is 0 Å². The second-order valence-electron chi connectivity index (χ2n) is 11.1. The van der Waals surface area contributed by atoms with Crippen LogP contribution in [-0.4, -0.2) is 99.3 Å². The number of carbonyl (C=O) groups is 3. The Balaban J connectivity index is 1.47. The number of aliphatic hydroxyl groups excluding tert-OH is 4. The Morgan fingerprint density at radius 1 is 1.09 bits per heavy atom. The minimum Gasteiger partial charge on any atom is -0.493 e. The first kappa shape index (κ1) is 33.9. The van der Waals surface area contributed by atoms with E-state index in [4.69, 9.17) is 20.6 Å². The number of aliphatic hydroxyl groups is 4. The number of nitrogens with one attached hydrogen (secondary N) is 2. The molecule has 2 aromatic carbocycles. The van der Waals surface area contributed by atoms with Gasteiger partial charge in [-0.25, -0.2) is 4.79 Å². The molecule has 2 amide bonds. The van der Waals surface area contributed by atoms with E-state index in [9.17, 15) is 39.9 Å². The molecule has 0 spiro atoms. The monoisotopic (exact) mass is 626 g/mol. The molecule has 0 aromatic heterocycles. The molecule has 1 heterocycles. The van der Waals surface area contributed by atoms with Gasteiger partial charge in [-0.1, -0.05) is 42.5 Å². The predicted molar refractivity (Wildman–Crippen MR) is 157 cm³/mol. The molecule has 0 radical (unpaired) electrons. The van der Waals surface area contributed by atoms with Crippen LogP contribution in [0.4, 0.5) is 0 Å². The maximum Gasteiger partial charge on any atom is 0.364 e. The highest BCUT2D eigenvalue weighted by Gasteiger charge is 2.56. The summed E-state index contributed by atoms with van der Waals surface area (Å²) in [5.41, 5.74) is 0.595. The van der Waals surface area contributed by atoms with Crippen LogP contribution in [0.25, 0.3) is 0 Å². The van der Waals surface area contributed by atoms with E-state index in [-0.39, 0.29) is 12.5 Å². The lowest BCUT2D eigenvalue weighted by Gasteiger charge is -2.46. The molecular formula is C32H38N2O11. The van der Waals surface area contributed by atoms with E-state index in [0.717, 1.165) is 5.56 Å². The summed E-state index contributed by atoms with van der Waals surface area (Å²) in [5.74, 6) is -2.41. The summed E-state index contributed by atoms with van der Waals surface area (Å²) in [6, 6.07) is 14.2. The van der Waals surface area contributed by atoms with Crippen LogP contribution in [-0.2, 0) is 35.9 Å². The van der Waals surface area contributed by atoms with Crippen LogP contribution in [0.1, 0.15) is 36.8 Å². The number of rotatable bonds is 15. The number of benzene rings is 2. The molecule has 2 fully saturated rings.